The zero-order valence-electron chi connectivity index (χ0n) is 14.3. The van der Waals surface area contributed by atoms with Crippen LogP contribution in [0.3, 0.4) is 0 Å². The lowest BCUT2D eigenvalue weighted by Crippen LogP contribution is -2.29. The Morgan fingerprint density at radius 2 is 1.69 bits per heavy atom. The molecular weight excluding hydrogens is 433 g/mol. The summed E-state index contributed by atoms with van der Waals surface area (Å²) in [5.74, 6) is -2.15. The molecule has 1 aromatic heterocycles. The van der Waals surface area contributed by atoms with Gasteiger partial charge < -0.3 is 5.32 Å². The zero-order chi connectivity index (χ0) is 21.2. The van der Waals surface area contributed by atoms with E-state index in [2.05, 4.69) is 9.82 Å². The summed E-state index contributed by atoms with van der Waals surface area (Å²) in [7, 11) is -4.04. The van der Waals surface area contributed by atoms with Gasteiger partial charge in [-0.25, -0.2) is 13.1 Å². The smallest absolute Gasteiger partial charge is 0.318 e. The molecular formula is C17H12ClF3N4O3S. The van der Waals surface area contributed by atoms with Gasteiger partial charge in [-0.1, -0.05) is 23.7 Å². The number of amides is 1. The normalized spacial score (nSPS) is 11.9. The van der Waals surface area contributed by atoms with E-state index >= 15 is 0 Å². The number of carbonyl (C=O) groups is 1. The van der Waals surface area contributed by atoms with E-state index in [-0.39, 0.29) is 16.3 Å². The van der Waals surface area contributed by atoms with Crippen molar-refractivity contribution < 1.29 is 26.4 Å². The van der Waals surface area contributed by atoms with Gasteiger partial charge in [0.25, 0.3) is 10.0 Å². The van der Waals surface area contributed by atoms with E-state index in [4.69, 9.17) is 11.6 Å². The molecule has 0 atom stereocenters. The number of hydrogen-bond acceptors (Lipinski definition) is 4. The minimum absolute atomic E-state index is 0.152. The molecule has 0 radical (unpaired) electrons. The van der Waals surface area contributed by atoms with Crippen LogP contribution >= 0.6 is 11.6 Å². The maximum atomic E-state index is 12.5. The predicted molar refractivity (Wildman–Crippen MR) is 101 cm³/mol. The summed E-state index contributed by atoms with van der Waals surface area (Å²) in [6.07, 6.45) is -2.36. The average molecular weight is 445 g/mol. The highest BCUT2D eigenvalue weighted by molar-refractivity contribution is 7.92. The van der Waals surface area contributed by atoms with Crippen molar-refractivity contribution in [1.29, 1.82) is 0 Å². The Balaban J connectivity index is 1.75. The van der Waals surface area contributed by atoms with E-state index in [1.165, 1.54) is 17.1 Å². The third-order valence-corrected chi connectivity index (χ3v) is 5.33. The Bertz CT molecular complexity index is 1150. The Kier molecular flexibility index (Phi) is 5.53. The first-order valence-electron chi connectivity index (χ1n) is 7.87. The second-order valence-corrected chi connectivity index (χ2v) is 7.80. The number of hydrogen-bond donors (Lipinski definition) is 2. The fraction of sp³-hybridized carbons (Fsp3) is 0.0588. The van der Waals surface area contributed by atoms with E-state index in [1.54, 1.807) is 29.6 Å². The van der Waals surface area contributed by atoms with Gasteiger partial charge in [0.2, 0.25) is 0 Å². The van der Waals surface area contributed by atoms with Gasteiger partial charge in [0.1, 0.15) is 0 Å². The molecule has 1 amide bonds. The van der Waals surface area contributed by atoms with Crippen molar-refractivity contribution in [2.45, 2.75) is 11.1 Å². The van der Waals surface area contributed by atoms with Crippen LogP contribution in [0.4, 0.5) is 24.5 Å². The number of sulfonamides is 1. The van der Waals surface area contributed by atoms with E-state index < -0.39 is 22.1 Å². The second kappa shape index (κ2) is 7.76. The van der Waals surface area contributed by atoms with Crippen molar-refractivity contribution in [2.24, 2.45) is 0 Å². The third kappa shape index (κ3) is 4.87. The number of aromatic nitrogens is 2. The number of nitrogens with one attached hydrogen (secondary N) is 2. The molecule has 29 heavy (non-hydrogen) atoms. The largest absolute Gasteiger partial charge is 0.471 e. The summed E-state index contributed by atoms with van der Waals surface area (Å²) in [5.41, 5.74) is 0.501. The number of rotatable bonds is 5. The number of nitrogens with zero attached hydrogens (tertiary/aromatic N) is 2. The molecule has 2 N–H and O–H groups in total. The standard InChI is InChI=1S/C17H12ClF3N4O3S/c18-14-3-1-2-4-15(14)25-10-12(9-22-25)24-29(27,28)13-7-5-11(6-8-13)23-16(26)17(19,20)21/h1-10,24H,(H,23,26). The van der Waals surface area contributed by atoms with Gasteiger partial charge in [0.15, 0.2) is 0 Å². The van der Waals surface area contributed by atoms with Crippen LogP contribution in [0.1, 0.15) is 0 Å². The fourth-order valence-electron chi connectivity index (χ4n) is 2.28. The first-order chi connectivity index (χ1) is 13.6. The number of halogens is 4. The summed E-state index contributed by atoms with van der Waals surface area (Å²) >= 11 is 6.08. The van der Waals surface area contributed by atoms with E-state index in [0.29, 0.717) is 10.7 Å². The molecule has 0 spiro atoms. The summed E-state index contributed by atoms with van der Waals surface area (Å²) < 4.78 is 65.4. The molecule has 2 aromatic carbocycles. The molecule has 0 unspecified atom stereocenters. The molecule has 0 aliphatic rings. The van der Waals surface area contributed by atoms with Crippen LogP contribution in [-0.2, 0) is 14.8 Å². The molecule has 7 nitrogen and oxygen atoms in total. The Hall–Kier alpha value is -3.05. The van der Waals surface area contributed by atoms with Crippen molar-refractivity contribution in [3.8, 4) is 5.69 Å². The Labute approximate surface area is 168 Å². The van der Waals surface area contributed by atoms with E-state index in [1.807, 2.05) is 0 Å². The number of carbonyl (C=O) groups excluding carboxylic acids is 1. The van der Waals surface area contributed by atoms with Crippen LogP contribution in [0.25, 0.3) is 5.69 Å². The first-order valence-corrected chi connectivity index (χ1v) is 9.73. The predicted octanol–water partition coefficient (Wildman–Crippen LogP) is 3.83. The van der Waals surface area contributed by atoms with Gasteiger partial charge in [-0.15, -0.1) is 0 Å². The average Bonchev–Trinajstić information content (AvgIpc) is 3.09. The topological polar surface area (TPSA) is 93.1 Å². The summed E-state index contributed by atoms with van der Waals surface area (Å²) in [6, 6.07) is 11.0. The van der Waals surface area contributed by atoms with Gasteiger partial charge in [-0.05, 0) is 36.4 Å². The van der Waals surface area contributed by atoms with Gasteiger partial charge >= 0.3 is 12.1 Å². The number of benzene rings is 2. The van der Waals surface area contributed by atoms with Crippen molar-refractivity contribution in [1.82, 2.24) is 9.78 Å². The number of anilines is 2. The molecule has 3 aromatic rings. The minimum atomic E-state index is -5.05. The van der Waals surface area contributed by atoms with Crippen molar-refractivity contribution in [3.63, 3.8) is 0 Å². The lowest BCUT2D eigenvalue weighted by Gasteiger charge is -2.09. The molecule has 12 heteroatoms. The molecule has 0 aliphatic heterocycles. The van der Waals surface area contributed by atoms with E-state index in [0.717, 1.165) is 24.3 Å². The van der Waals surface area contributed by atoms with Gasteiger partial charge in [0, 0.05) is 5.69 Å². The van der Waals surface area contributed by atoms with Gasteiger partial charge in [-0.2, -0.15) is 18.3 Å². The monoisotopic (exact) mass is 444 g/mol. The molecule has 0 fully saturated rings. The molecule has 3 rings (SSSR count). The van der Waals surface area contributed by atoms with Crippen LogP contribution in [0.2, 0.25) is 5.02 Å². The maximum Gasteiger partial charge on any atom is 0.471 e. The molecule has 0 saturated heterocycles. The Morgan fingerprint density at radius 3 is 2.31 bits per heavy atom. The molecule has 1 heterocycles. The number of para-hydroxylation sites is 1. The molecule has 152 valence electrons. The third-order valence-electron chi connectivity index (χ3n) is 3.61. The zero-order valence-corrected chi connectivity index (χ0v) is 15.9. The van der Waals surface area contributed by atoms with Crippen molar-refractivity contribution in [3.05, 3.63) is 65.9 Å². The quantitative estimate of drug-likeness (QED) is 0.625. The maximum absolute atomic E-state index is 12.5. The fourth-order valence-corrected chi connectivity index (χ4v) is 3.53. The Morgan fingerprint density at radius 1 is 1.03 bits per heavy atom. The highest BCUT2D eigenvalue weighted by Gasteiger charge is 2.38. The highest BCUT2D eigenvalue weighted by Crippen LogP contribution is 2.23. The highest BCUT2D eigenvalue weighted by atomic mass is 35.5. The lowest BCUT2D eigenvalue weighted by molar-refractivity contribution is -0.167. The van der Waals surface area contributed by atoms with E-state index in [9.17, 15) is 26.4 Å². The van der Waals surface area contributed by atoms with Crippen LogP contribution in [0.15, 0.2) is 65.8 Å². The lowest BCUT2D eigenvalue weighted by atomic mass is 10.3. The summed E-state index contributed by atoms with van der Waals surface area (Å²) in [4.78, 5) is 10.7. The van der Waals surface area contributed by atoms with Crippen LogP contribution in [-0.4, -0.2) is 30.3 Å². The van der Waals surface area contributed by atoms with Crippen LogP contribution < -0.4 is 10.0 Å². The molecule has 0 bridgehead atoms. The van der Waals surface area contributed by atoms with Gasteiger partial charge in [0.05, 0.1) is 33.7 Å². The molecule has 0 saturated carbocycles. The van der Waals surface area contributed by atoms with Crippen LogP contribution in [0.5, 0.6) is 0 Å². The van der Waals surface area contributed by atoms with Crippen molar-refractivity contribution >= 4 is 38.9 Å². The second-order valence-electron chi connectivity index (χ2n) is 5.71. The minimum Gasteiger partial charge on any atom is -0.318 e. The van der Waals surface area contributed by atoms with Crippen LogP contribution in [0, 0.1) is 0 Å². The summed E-state index contributed by atoms with van der Waals surface area (Å²) in [5, 5.41) is 6.10. The first kappa shape index (κ1) is 20.7. The summed E-state index contributed by atoms with van der Waals surface area (Å²) in [6.45, 7) is 0. The van der Waals surface area contributed by atoms with Crippen molar-refractivity contribution in [2.75, 3.05) is 10.0 Å². The van der Waals surface area contributed by atoms with Gasteiger partial charge in [-0.3, -0.25) is 9.52 Å². The SMILES string of the molecule is O=C(Nc1ccc(S(=O)(=O)Nc2cnn(-c3ccccc3Cl)c2)cc1)C(F)(F)F. The number of alkyl halides is 3. The molecule has 0 aliphatic carbocycles.